The van der Waals surface area contributed by atoms with Crippen LogP contribution in [0.2, 0.25) is 0 Å². The molecule has 0 spiro atoms. The number of nitrogens with one attached hydrogen (secondary N) is 3. The van der Waals surface area contributed by atoms with Gasteiger partial charge in [-0.3, -0.25) is 14.9 Å². The van der Waals surface area contributed by atoms with Gasteiger partial charge in [-0.05, 0) is 62.5 Å². The van der Waals surface area contributed by atoms with Gasteiger partial charge in [0.2, 0.25) is 5.75 Å². The van der Waals surface area contributed by atoms with Crippen LogP contribution in [0, 0.1) is 0 Å². The highest BCUT2D eigenvalue weighted by molar-refractivity contribution is 7.80. The van der Waals surface area contributed by atoms with Gasteiger partial charge in [0.15, 0.2) is 16.6 Å². The molecular formula is C25H29N3O5S. The standard InChI is InChI=1S/C25H29N3O5S/c1-5-10-19(13-14-26-23(29)17-11-8-7-9-12-17)27-25(34)28-24(30)18-15-20(31-3)22(33-6-2)21(16-18)32-4/h5,7-13,15-16H,6,14H2,1-4H3,(H,26,29)(H2,27,28,30,34)/b10-5-,19-13+. The van der Waals surface area contributed by atoms with Gasteiger partial charge in [0.05, 0.1) is 20.8 Å². The summed E-state index contributed by atoms with van der Waals surface area (Å²) in [6.45, 7) is 4.37. The van der Waals surface area contributed by atoms with Crippen LogP contribution in [0.3, 0.4) is 0 Å². The summed E-state index contributed by atoms with van der Waals surface area (Å²) in [7, 11) is 2.96. The number of carbonyl (C=O) groups is 2. The maximum absolute atomic E-state index is 12.8. The molecule has 0 saturated carbocycles. The summed E-state index contributed by atoms with van der Waals surface area (Å²) >= 11 is 5.30. The van der Waals surface area contributed by atoms with E-state index in [1.807, 2.05) is 26.0 Å². The first-order chi connectivity index (χ1) is 16.4. The highest BCUT2D eigenvalue weighted by Crippen LogP contribution is 2.38. The topological polar surface area (TPSA) is 97.9 Å². The van der Waals surface area contributed by atoms with E-state index in [4.69, 9.17) is 26.4 Å². The molecule has 3 N–H and O–H groups in total. The van der Waals surface area contributed by atoms with E-state index in [2.05, 4.69) is 16.0 Å². The van der Waals surface area contributed by atoms with E-state index in [1.165, 1.54) is 14.2 Å². The van der Waals surface area contributed by atoms with Gasteiger partial charge in [0, 0.05) is 23.4 Å². The average Bonchev–Trinajstić information content (AvgIpc) is 2.84. The highest BCUT2D eigenvalue weighted by Gasteiger charge is 2.18. The monoisotopic (exact) mass is 483 g/mol. The minimum Gasteiger partial charge on any atom is -0.493 e. The normalized spacial score (nSPS) is 11.0. The van der Waals surface area contributed by atoms with E-state index in [0.717, 1.165) is 0 Å². The highest BCUT2D eigenvalue weighted by atomic mass is 32.1. The van der Waals surface area contributed by atoms with E-state index in [-0.39, 0.29) is 23.1 Å². The molecule has 0 bridgehead atoms. The SMILES string of the molecule is C/C=C\C(=C/CNC(=O)c1ccccc1)NC(=S)NC(=O)c1cc(OC)c(OCC)c(OC)c1. The summed E-state index contributed by atoms with van der Waals surface area (Å²) in [6, 6.07) is 12.0. The number of thiocarbonyl (C=S) groups is 1. The van der Waals surface area contributed by atoms with Crippen molar-refractivity contribution in [3.63, 3.8) is 0 Å². The van der Waals surface area contributed by atoms with Crippen LogP contribution in [0.4, 0.5) is 0 Å². The van der Waals surface area contributed by atoms with E-state index in [9.17, 15) is 9.59 Å². The molecule has 2 rings (SSSR count). The number of benzene rings is 2. The van der Waals surface area contributed by atoms with E-state index in [0.29, 0.717) is 35.1 Å². The molecule has 2 aromatic rings. The van der Waals surface area contributed by atoms with E-state index < -0.39 is 5.91 Å². The molecule has 0 atom stereocenters. The van der Waals surface area contributed by atoms with Crippen LogP contribution >= 0.6 is 12.2 Å². The van der Waals surface area contributed by atoms with Crippen molar-refractivity contribution in [3.05, 3.63) is 77.5 Å². The summed E-state index contributed by atoms with van der Waals surface area (Å²) in [5.74, 6) is 0.517. The van der Waals surface area contributed by atoms with Crippen LogP contribution in [-0.4, -0.2) is 44.3 Å². The lowest BCUT2D eigenvalue weighted by Gasteiger charge is -2.16. The number of carbonyl (C=O) groups excluding carboxylic acids is 2. The third kappa shape index (κ3) is 7.63. The molecule has 2 aromatic carbocycles. The maximum atomic E-state index is 12.8. The molecule has 0 aliphatic carbocycles. The minimum atomic E-state index is -0.450. The van der Waals surface area contributed by atoms with Gasteiger partial charge in [-0.2, -0.15) is 0 Å². The smallest absolute Gasteiger partial charge is 0.257 e. The summed E-state index contributed by atoms with van der Waals surface area (Å²) in [5.41, 5.74) is 1.47. The van der Waals surface area contributed by atoms with Crippen molar-refractivity contribution < 1.29 is 23.8 Å². The molecule has 34 heavy (non-hydrogen) atoms. The molecule has 0 aromatic heterocycles. The third-order valence-electron chi connectivity index (χ3n) is 4.46. The van der Waals surface area contributed by atoms with Gasteiger partial charge in [0.25, 0.3) is 11.8 Å². The molecule has 180 valence electrons. The number of hydrogen-bond donors (Lipinski definition) is 3. The van der Waals surface area contributed by atoms with Crippen molar-refractivity contribution in [3.8, 4) is 17.2 Å². The van der Waals surface area contributed by atoms with Crippen molar-refractivity contribution in [2.75, 3.05) is 27.4 Å². The van der Waals surface area contributed by atoms with Crippen molar-refractivity contribution in [1.29, 1.82) is 0 Å². The molecule has 0 radical (unpaired) electrons. The first-order valence-corrected chi connectivity index (χ1v) is 11.0. The number of rotatable bonds is 10. The number of allylic oxidation sites excluding steroid dienone is 2. The minimum absolute atomic E-state index is 0.0931. The first kappa shape index (κ1) is 26.4. The Morgan fingerprint density at radius 1 is 0.971 bits per heavy atom. The Balaban J connectivity index is 2.04. The molecule has 0 aliphatic rings. The summed E-state index contributed by atoms with van der Waals surface area (Å²) in [6.07, 6.45) is 5.34. The fraction of sp³-hybridized carbons (Fsp3) is 0.240. The molecule has 0 unspecified atom stereocenters. The van der Waals surface area contributed by atoms with Crippen LogP contribution < -0.4 is 30.2 Å². The van der Waals surface area contributed by atoms with Crippen LogP contribution in [0.1, 0.15) is 34.6 Å². The molecular weight excluding hydrogens is 454 g/mol. The molecule has 0 heterocycles. The van der Waals surface area contributed by atoms with Crippen molar-refractivity contribution in [1.82, 2.24) is 16.0 Å². The summed E-state index contributed by atoms with van der Waals surface area (Å²) in [5, 5.41) is 8.49. The number of ether oxygens (including phenoxy) is 3. The Morgan fingerprint density at radius 2 is 1.62 bits per heavy atom. The average molecular weight is 484 g/mol. The lowest BCUT2D eigenvalue weighted by molar-refractivity contribution is 0.0955. The largest absolute Gasteiger partial charge is 0.493 e. The Labute approximate surface area is 205 Å². The summed E-state index contributed by atoms with van der Waals surface area (Å²) < 4.78 is 16.2. The van der Waals surface area contributed by atoms with Crippen molar-refractivity contribution in [2.24, 2.45) is 0 Å². The zero-order valence-corrected chi connectivity index (χ0v) is 20.5. The Kier molecular flexibility index (Phi) is 10.6. The van der Waals surface area contributed by atoms with Gasteiger partial charge in [0.1, 0.15) is 0 Å². The number of methoxy groups -OCH3 is 2. The number of hydrogen-bond acceptors (Lipinski definition) is 6. The van der Waals surface area contributed by atoms with Gasteiger partial charge in [-0.25, -0.2) is 0 Å². The molecule has 2 amide bonds. The third-order valence-corrected chi connectivity index (χ3v) is 4.67. The fourth-order valence-electron chi connectivity index (χ4n) is 2.92. The van der Waals surface area contributed by atoms with E-state index in [1.54, 1.807) is 48.6 Å². The predicted octanol–water partition coefficient (Wildman–Crippen LogP) is 3.60. The lowest BCUT2D eigenvalue weighted by atomic mass is 10.1. The van der Waals surface area contributed by atoms with Gasteiger partial charge in [-0.1, -0.05) is 24.3 Å². The predicted molar refractivity (Wildman–Crippen MR) is 136 cm³/mol. The van der Waals surface area contributed by atoms with Crippen LogP contribution in [0.15, 0.2) is 66.4 Å². The molecule has 9 heteroatoms. The second-order valence-electron chi connectivity index (χ2n) is 6.79. The van der Waals surface area contributed by atoms with Gasteiger partial charge < -0.3 is 24.8 Å². The second kappa shape index (κ2) is 13.6. The Bertz CT molecular complexity index is 1040. The zero-order chi connectivity index (χ0) is 24.9. The molecule has 0 fully saturated rings. The van der Waals surface area contributed by atoms with Crippen molar-refractivity contribution >= 4 is 29.1 Å². The van der Waals surface area contributed by atoms with Crippen LogP contribution in [-0.2, 0) is 0 Å². The van der Waals surface area contributed by atoms with Crippen LogP contribution in [0.5, 0.6) is 17.2 Å². The van der Waals surface area contributed by atoms with E-state index >= 15 is 0 Å². The van der Waals surface area contributed by atoms with Gasteiger partial charge >= 0.3 is 0 Å². The Morgan fingerprint density at radius 3 is 2.18 bits per heavy atom. The van der Waals surface area contributed by atoms with Gasteiger partial charge in [-0.15, -0.1) is 0 Å². The number of amides is 2. The maximum Gasteiger partial charge on any atom is 0.257 e. The lowest BCUT2D eigenvalue weighted by Crippen LogP contribution is -2.38. The van der Waals surface area contributed by atoms with Crippen molar-refractivity contribution in [2.45, 2.75) is 13.8 Å². The molecule has 0 saturated heterocycles. The second-order valence-corrected chi connectivity index (χ2v) is 7.19. The zero-order valence-electron chi connectivity index (χ0n) is 19.6. The Hall–Kier alpha value is -3.85. The fourth-order valence-corrected chi connectivity index (χ4v) is 3.13. The first-order valence-electron chi connectivity index (χ1n) is 10.6. The molecule has 0 aliphatic heterocycles. The molecule has 8 nitrogen and oxygen atoms in total. The van der Waals surface area contributed by atoms with Crippen LogP contribution in [0.25, 0.3) is 0 Å². The summed E-state index contributed by atoms with van der Waals surface area (Å²) in [4.78, 5) is 25.0. The quantitative estimate of drug-likeness (QED) is 0.351.